The summed E-state index contributed by atoms with van der Waals surface area (Å²) in [7, 11) is 2.09. The molecule has 0 amide bonds. The number of aliphatic carboxylic acids is 1. The van der Waals surface area contributed by atoms with Crippen molar-refractivity contribution in [2.75, 3.05) is 20.1 Å². The van der Waals surface area contributed by atoms with Crippen molar-refractivity contribution >= 4 is 18.4 Å². The van der Waals surface area contributed by atoms with Gasteiger partial charge in [0, 0.05) is 17.7 Å². The van der Waals surface area contributed by atoms with Crippen LogP contribution in [0.2, 0.25) is 0 Å². The fourth-order valence-corrected chi connectivity index (χ4v) is 2.56. The van der Waals surface area contributed by atoms with E-state index >= 15 is 0 Å². The van der Waals surface area contributed by atoms with Crippen LogP contribution in [0.3, 0.4) is 0 Å². The van der Waals surface area contributed by atoms with E-state index in [-0.39, 0.29) is 18.8 Å². The maximum absolute atomic E-state index is 10.5. The number of rotatable bonds is 10. The summed E-state index contributed by atoms with van der Waals surface area (Å²) in [6.45, 7) is 1.96. The van der Waals surface area contributed by atoms with Crippen LogP contribution in [-0.4, -0.2) is 46.3 Å². The fraction of sp³-hybridized carbons (Fsp3) is 0.444. The quantitative estimate of drug-likeness (QED) is 0.641. The summed E-state index contributed by atoms with van der Waals surface area (Å²) >= 11 is 0. The number of hydrogen-bond acceptors (Lipinski definition) is 3. The molecule has 0 aliphatic rings. The molecule has 0 saturated heterocycles. The zero-order valence-electron chi connectivity index (χ0n) is 14.1. The van der Waals surface area contributed by atoms with Crippen LogP contribution in [0.5, 0.6) is 0 Å². The first-order valence-electron chi connectivity index (χ1n) is 8.15. The van der Waals surface area contributed by atoms with Crippen LogP contribution < -0.4 is 0 Å². The Kier molecular flexibility index (Phi) is 9.12. The Bertz CT molecular complexity index is 601. The second-order valence-electron chi connectivity index (χ2n) is 5.90. The average molecular weight is 352 g/mol. The number of H-pyrrole nitrogens is 1. The van der Waals surface area contributed by atoms with E-state index in [1.165, 1.54) is 0 Å². The number of benzene rings is 1. The first-order chi connectivity index (χ1) is 11.1. The summed E-state index contributed by atoms with van der Waals surface area (Å²) in [6.07, 6.45) is 3.99. The third-order valence-corrected chi connectivity index (χ3v) is 3.87. The molecule has 0 aliphatic heterocycles. The van der Waals surface area contributed by atoms with Crippen molar-refractivity contribution in [1.29, 1.82) is 0 Å². The third-order valence-electron chi connectivity index (χ3n) is 3.87. The number of aromatic amines is 1. The van der Waals surface area contributed by atoms with Gasteiger partial charge in [0.25, 0.3) is 0 Å². The molecular formula is C18H26ClN3O2. The van der Waals surface area contributed by atoms with Crippen molar-refractivity contribution in [3.05, 3.63) is 42.1 Å². The second kappa shape index (κ2) is 10.8. The number of carboxylic acid groups (broad SMARTS) is 1. The van der Waals surface area contributed by atoms with Gasteiger partial charge < -0.3 is 10.0 Å². The molecule has 0 bridgehead atoms. The first-order valence-corrected chi connectivity index (χ1v) is 8.15. The van der Waals surface area contributed by atoms with Crippen LogP contribution in [0.1, 0.15) is 31.4 Å². The predicted octanol–water partition coefficient (Wildman–Crippen LogP) is 3.62. The second-order valence-corrected chi connectivity index (χ2v) is 5.90. The number of nitrogens with zero attached hydrogens (tertiary/aromatic N) is 2. The maximum atomic E-state index is 10.5. The van der Waals surface area contributed by atoms with Gasteiger partial charge in [0.2, 0.25) is 0 Å². The number of aromatic nitrogens is 2. The van der Waals surface area contributed by atoms with Crippen LogP contribution in [0.15, 0.2) is 36.4 Å². The van der Waals surface area contributed by atoms with Gasteiger partial charge in [-0.2, -0.15) is 5.10 Å². The van der Waals surface area contributed by atoms with E-state index in [0.29, 0.717) is 0 Å². The summed E-state index contributed by atoms with van der Waals surface area (Å²) in [5, 5.41) is 16.1. The zero-order valence-corrected chi connectivity index (χ0v) is 14.9. The molecule has 132 valence electrons. The highest BCUT2D eigenvalue weighted by atomic mass is 35.5. The highest BCUT2D eigenvalue weighted by Gasteiger charge is 2.05. The molecule has 1 heterocycles. The van der Waals surface area contributed by atoms with Crippen LogP contribution in [-0.2, 0) is 11.2 Å². The summed E-state index contributed by atoms with van der Waals surface area (Å²) in [5.74, 6) is -0.707. The molecule has 1 aromatic carbocycles. The van der Waals surface area contributed by atoms with Crippen LogP contribution in [0.25, 0.3) is 11.3 Å². The Labute approximate surface area is 149 Å². The standard InChI is InChI=1S/C18H25N3O2.ClH/c1-21(12-6-5-11-18(22)23)13-7-10-16-14-17(20-19-16)15-8-3-2-4-9-15;/h2-4,8-9,14H,5-7,10-13H2,1H3,(H,19,20)(H,22,23);1H. The molecule has 0 fully saturated rings. The van der Waals surface area contributed by atoms with Gasteiger partial charge in [-0.3, -0.25) is 9.89 Å². The maximum Gasteiger partial charge on any atom is 0.303 e. The van der Waals surface area contributed by atoms with E-state index in [0.717, 1.165) is 55.7 Å². The van der Waals surface area contributed by atoms with Gasteiger partial charge in [0.15, 0.2) is 0 Å². The first kappa shape index (κ1) is 20.2. The monoisotopic (exact) mass is 351 g/mol. The fourth-order valence-electron chi connectivity index (χ4n) is 2.56. The lowest BCUT2D eigenvalue weighted by atomic mass is 10.1. The van der Waals surface area contributed by atoms with Gasteiger partial charge in [-0.1, -0.05) is 30.3 Å². The minimum absolute atomic E-state index is 0. The van der Waals surface area contributed by atoms with Crippen molar-refractivity contribution in [2.24, 2.45) is 0 Å². The minimum atomic E-state index is -0.707. The predicted molar refractivity (Wildman–Crippen MR) is 98.6 cm³/mol. The van der Waals surface area contributed by atoms with Crippen LogP contribution in [0, 0.1) is 0 Å². The van der Waals surface area contributed by atoms with Crippen molar-refractivity contribution in [3.8, 4) is 11.3 Å². The molecule has 2 N–H and O–H groups in total. The molecule has 5 nitrogen and oxygen atoms in total. The molecule has 0 saturated carbocycles. The van der Waals surface area contributed by atoms with Gasteiger partial charge in [-0.05, 0) is 51.9 Å². The van der Waals surface area contributed by atoms with Gasteiger partial charge >= 0.3 is 5.97 Å². The van der Waals surface area contributed by atoms with E-state index in [1.54, 1.807) is 0 Å². The SMILES string of the molecule is CN(CCCCC(=O)O)CCCc1cc(-c2ccccc2)n[nH]1.Cl. The van der Waals surface area contributed by atoms with Crippen molar-refractivity contribution in [1.82, 2.24) is 15.1 Å². The Hall–Kier alpha value is -1.85. The molecule has 0 radical (unpaired) electrons. The van der Waals surface area contributed by atoms with E-state index in [9.17, 15) is 4.79 Å². The molecule has 2 rings (SSSR count). The van der Waals surface area contributed by atoms with E-state index < -0.39 is 5.97 Å². The number of unbranched alkanes of at least 4 members (excludes halogenated alkanes) is 1. The third kappa shape index (κ3) is 7.15. The molecular weight excluding hydrogens is 326 g/mol. The normalized spacial score (nSPS) is 10.6. The number of halogens is 1. The summed E-state index contributed by atoms with van der Waals surface area (Å²) in [5.41, 5.74) is 3.27. The molecule has 0 aliphatic carbocycles. The van der Waals surface area contributed by atoms with Crippen molar-refractivity contribution < 1.29 is 9.90 Å². The number of carbonyl (C=O) groups is 1. The Morgan fingerprint density at radius 3 is 2.58 bits per heavy atom. The van der Waals surface area contributed by atoms with Crippen LogP contribution in [0.4, 0.5) is 0 Å². The van der Waals surface area contributed by atoms with E-state index in [2.05, 4.69) is 40.3 Å². The highest BCUT2D eigenvalue weighted by Crippen LogP contribution is 2.17. The lowest BCUT2D eigenvalue weighted by molar-refractivity contribution is -0.137. The molecule has 0 atom stereocenters. The molecule has 6 heteroatoms. The zero-order chi connectivity index (χ0) is 16.5. The molecule has 0 unspecified atom stereocenters. The van der Waals surface area contributed by atoms with Gasteiger partial charge in [-0.25, -0.2) is 0 Å². The number of hydrogen-bond donors (Lipinski definition) is 2. The number of aryl methyl sites for hydroxylation is 1. The van der Waals surface area contributed by atoms with Crippen molar-refractivity contribution in [3.63, 3.8) is 0 Å². The smallest absolute Gasteiger partial charge is 0.303 e. The van der Waals surface area contributed by atoms with Gasteiger partial charge in [0.05, 0.1) is 5.69 Å². The van der Waals surface area contributed by atoms with Gasteiger partial charge in [-0.15, -0.1) is 12.4 Å². The molecule has 1 aromatic heterocycles. The summed E-state index contributed by atoms with van der Waals surface area (Å²) in [6, 6.07) is 12.3. The van der Waals surface area contributed by atoms with Crippen LogP contribution >= 0.6 is 12.4 Å². The number of carboxylic acids is 1. The lowest BCUT2D eigenvalue weighted by Crippen LogP contribution is -2.21. The van der Waals surface area contributed by atoms with Crippen molar-refractivity contribution in [2.45, 2.75) is 32.1 Å². The van der Waals surface area contributed by atoms with Gasteiger partial charge in [0.1, 0.15) is 0 Å². The van der Waals surface area contributed by atoms with E-state index in [4.69, 9.17) is 5.11 Å². The summed E-state index contributed by atoms with van der Waals surface area (Å²) in [4.78, 5) is 12.7. The number of nitrogens with one attached hydrogen (secondary N) is 1. The van der Waals surface area contributed by atoms with E-state index in [1.807, 2.05) is 18.2 Å². The topological polar surface area (TPSA) is 69.2 Å². The minimum Gasteiger partial charge on any atom is -0.481 e. The average Bonchev–Trinajstić information content (AvgIpc) is 3.01. The molecule has 24 heavy (non-hydrogen) atoms. The largest absolute Gasteiger partial charge is 0.481 e. The Morgan fingerprint density at radius 2 is 1.88 bits per heavy atom. The molecule has 2 aromatic rings. The lowest BCUT2D eigenvalue weighted by Gasteiger charge is -2.15. The highest BCUT2D eigenvalue weighted by molar-refractivity contribution is 5.85. The summed E-state index contributed by atoms with van der Waals surface area (Å²) < 4.78 is 0. The Balaban J connectivity index is 0.00000288. The Morgan fingerprint density at radius 1 is 1.17 bits per heavy atom. The molecule has 0 spiro atoms.